The Bertz CT molecular complexity index is 703. The number of carbonyl (C=O) groups is 1. The molecule has 1 amide bonds. The third-order valence-corrected chi connectivity index (χ3v) is 5.13. The zero-order chi connectivity index (χ0) is 16.4. The molecule has 3 rings (SSSR count). The van der Waals surface area contributed by atoms with Crippen LogP contribution in [0.3, 0.4) is 0 Å². The van der Waals surface area contributed by atoms with Crippen molar-refractivity contribution in [2.75, 3.05) is 19.6 Å². The van der Waals surface area contributed by atoms with Crippen molar-refractivity contribution in [2.24, 2.45) is 0 Å². The first-order chi connectivity index (χ1) is 11.0. The van der Waals surface area contributed by atoms with Crippen molar-refractivity contribution >= 4 is 42.1 Å². The molecule has 0 aliphatic carbocycles. The summed E-state index contributed by atoms with van der Waals surface area (Å²) < 4.78 is 0. The monoisotopic (exact) mass is 401 g/mol. The molecule has 0 radical (unpaired) electrons. The molecule has 138 valence electrons. The number of halogens is 2. The predicted octanol–water partition coefficient (Wildman–Crippen LogP) is 3.63. The van der Waals surface area contributed by atoms with Crippen molar-refractivity contribution in [2.45, 2.75) is 33.2 Å². The van der Waals surface area contributed by atoms with Gasteiger partial charge in [0.25, 0.3) is 0 Å². The number of piperazine rings is 1. The van der Waals surface area contributed by atoms with Gasteiger partial charge in [-0.15, -0.1) is 36.2 Å². The van der Waals surface area contributed by atoms with Crippen LogP contribution in [0.4, 0.5) is 0 Å². The van der Waals surface area contributed by atoms with Crippen LogP contribution in [0.25, 0.3) is 11.3 Å². The first-order valence-corrected chi connectivity index (χ1v) is 8.89. The fourth-order valence-electron chi connectivity index (χ4n) is 2.93. The fraction of sp³-hybridized carbons (Fsp3) is 0.444. The summed E-state index contributed by atoms with van der Waals surface area (Å²) in [6.07, 6.45) is 0.446. The van der Waals surface area contributed by atoms with Gasteiger partial charge in [-0.25, -0.2) is 4.98 Å². The molecule has 25 heavy (non-hydrogen) atoms. The quantitative estimate of drug-likeness (QED) is 0.853. The normalized spacial score (nSPS) is 16.8. The molecule has 1 atom stereocenters. The van der Waals surface area contributed by atoms with E-state index in [1.54, 1.807) is 11.3 Å². The number of thiazole rings is 1. The number of benzene rings is 1. The maximum atomic E-state index is 12.6. The molecule has 4 nitrogen and oxygen atoms in total. The summed E-state index contributed by atoms with van der Waals surface area (Å²) in [7, 11) is 0. The van der Waals surface area contributed by atoms with E-state index in [4.69, 9.17) is 0 Å². The van der Waals surface area contributed by atoms with E-state index in [0.29, 0.717) is 12.5 Å². The lowest BCUT2D eigenvalue weighted by Crippen LogP contribution is -2.51. The molecule has 1 fully saturated rings. The Hall–Kier alpha value is -1.14. The van der Waals surface area contributed by atoms with Crippen LogP contribution >= 0.6 is 36.2 Å². The minimum absolute atomic E-state index is 0. The lowest BCUT2D eigenvalue weighted by molar-refractivity contribution is -0.131. The molecule has 1 aliphatic heterocycles. The highest BCUT2D eigenvalue weighted by Gasteiger charge is 2.23. The smallest absolute Gasteiger partial charge is 0.228 e. The minimum Gasteiger partial charge on any atom is -0.340 e. The van der Waals surface area contributed by atoms with Crippen molar-refractivity contribution in [1.82, 2.24) is 15.2 Å². The number of amides is 1. The van der Waals surface area contributed by atoms with Gasteiger partial charge in [-0.2, -0.15) is 0 Å². The lowest BCUT2D eigenvalue weighted by Gasteiger charge is -2.31. The molecular formula is C18H25Cl2N3OS. The highest BCUT2D eigenvalue weighted by Crippen LogP contribution is 2.29. The number of carbonyl (C=O) groups excluding carboxylic acids is 1. The minimum atomic E-state index is 0. The van der Waals surface area contributed by atoms with E-state index in [0.717, 1.165) is 40.8 Å². The summed E-state index contributed by atoms with van der Waals surface area (Å²) in [6, 6.07) is 8.73. The molecule has 0 spiro atoms. The Kier molecular flexibility index (Phi) is 8.35. The Morgan fingerprint density at radius 1 is 1.28 bits per heavy atom. The van der Waals surface area contributed by atoms with Gasteiger partial charge >= 0.3 is 0 Å². The number of nitrogens with one attached hydrogen (secondary N) is 1. The van der Waals surface area contributed by atoms with Crippen LogP contribution in [-0.2, 0) is 11.2 Å². The van der Waals surface area contributed by atoms with Gasteiger partial charge in [0.15, 0.2) is 0 Å². The molecule has 1 aliphatic rings. The summed E-state index contributed by atoms with van der Waals surface area (Å²) in [5.41, 5.74) is 3.29. The SMILES string of the molecule is Cc1ccc(-c2nc(C)sc2CC(=O)N2CCNC(C)C2)cc1.Cl.Cl. The van der Waals surface area contributed by atoms with Crippen LogP contribution in [0, 0.1) is 13.8 Å². The van der Waals surface area contributed by atoms with E-state index < -0.39 is 0 Å². The summed E-state index contributed by atoms with van der Waals surface area (Å²) in [5.74, 6) is 0.204. The van der Waals surface area contributed by atoms with Crippen LogP contribution < -0.4 is 5.32 Å². The summed E-state index contributed by atoms with van der Waals surface area (Å²) in [6.45, 7) is 8.65. The number of hydrogen-bond acceptors (Lipinski definition) is 4. The van der Waals surface area contributed by atoms with Crippen molar-refractivity contribution in [3.63, 3.8) is 0 Å². The van der Waals surface area contributed by atoms with E-state index in [9.17, 15) is 4.79 Å². The van der Waals surface area contributed by atoms with Crippen molar-refractivity contribution in [1.29, 1.82) is 0 Å². The first-order valence-electron chi connectivity index (χ1n) is 8.07. The molecule has 2 heterocycles. The second kappa shape index (κ2) is 9.53. The number of hydrogen-bond donors (Lipinski definition) is 1. The zero-order valence-electron chi connectivity index (χ0n) is 14.7. The van der Waals surface area contributed by atoms with Crippen molar-refractivity contribution in [3.8, 4) is 11.3 Å². The van der Waals surface area contributed by atoms with Gasteiger partial charge in [-0.3, -0.25) is 4.79 Å². The fourth-order valence-corrected chi connectivity index (χ4v) is 3.88. The molecule has 1 unspecified atom stereocenters. The topological polar surface area (TPSA) is 45.2 Å². The Balaban J connectivity index is 0.00000156. The van der Waals surface area contributed by atoms with Gasteiger partial charge in [0.05, 0.1) is 17.1 Å². The summed E-state index contributed by atoms with van der Waals surface area (Å²) >= 11 is 1.63. The van der Waals surface area contributed by atoms with Gasteiger partial charge < -0.3 is 10.2 Å². The van der Waals surface area contributed by atoms with Crippen LogP contribution in [0.1, 0.15) is 22.4 Å². The highest BCUT2D eigenvalue weighted by molar-refractivity contribution is 7.12. The first kappa shape index (κ1) is 21.9. The van der Waals surface area contributed by atoms with Gasteiger partial charge in [-0.1, -0.05) is 29.8 Å². The van der Waals surface area contributed by atoms with E-state index in [-0.39, 0.29) is 30.7 Å². The maximum absolute atomic E-state index is 12.6. The largest absolute Gasteiger partial charge is 0.340 e. The molecule has 1 aromatic heterocycles. The summed E-state index contributed by atoms with van der Waals surface area (Å²) in [4.78, 5) is 20.3. The lowest BCUT2D eigenvalue weighted by atomic mass is 10.1. The zero-order valence-corrected chi connectivity index (χ0v) is 17.2. The van der Waals surface area contributed by atoms with Gasteiger partial charge in [-0.05, 0) is 20.8 Å². The number of nitrogens with zero attached hydrogens (tertiary/aromatic N) is 2. The second-order valence-corrected chi connectivity index (χ2v) is 7.53. The van der Waals surface area contributed by atoms with Crippen LogP contribution in [0.15, 0.2) is 24.3 Å². The third kappa shape index (κ3) is 5.42. The highest BCUT2D eigenvalue weighted by atomic mass is 35.5. The van der Waals surface area contributed by atoms with E-state index in [2.05, 4.69) is 48.4 Å². The molecule has 1 N–H and O–H groups in total. The number of aryl methyl sites for hydroxylation is 2. The number of rotatable bonds is 3. The van der Waals surface area contributed by atoms with E-state index >= 15 is 0 Å². The molecule has 2 aromatic rings. The van der Waals surface area contributed by atoms with Gasteiger partial charge in [0.2, 0.25) is 5.91 Å². The van der Waals surface area contributed by atoms with Crippen molar-refractivity contribution in [3.05, 3.63) is 39.7 Å². The Morgan fingerprint density at radius 3 is 2.60 bits per heavy atom. The molecule has 0 saturated carbocycles. The molecular weight excluding hydrogens is 377 g/mol. The van der Waals surface area contributed by atoms with Crippen LogP contribution in [-0.4, -0.2) is 41.5 Å². The second-order valence-electron chi connectivity index (χ2n) is 6.24. The average Bonchev–Trinajstić information content (AvgIpc) is 2.88. The maximum Gasteiger partial charge on any atom is 0.228 e. The molecule has 0 bridgehead atoms. The van der Waals surface area contributed by atoms with Gasteiger partial charge in [0.1, 0.15) is 0 Å². The Morgan fingerprint density at radius 2 is 1.96 bits per heavy atom. The predicted molar refractivity (Wildman–Crippen MR) is 109 cm³/mol. The van der Waals surface area contributed by atoms with Gasteiger partial charge in [0, 0.05) is 36.1 Å². The molecule has 1 aromatic carbocycles. The molecule has 7 heteroatoms. The molecule has 1 saturated heterocycles. The van der Waals surface area contributed by atoms with Crippen LogP contribution in [0.2, 0.25) is 0 Å². The third-order valence-electron chi connectivity index (χ3n) is 4.16. The van der Waals surface area contributed by atoms with E-state index in [1.807, 2.05) is 11.8 Å². The van der Waals surface area contributed by atoms with E-state index in [1.165, 1.54) is 5.56 Å². The average molecular weight is 402 g/mol. The number of aromatic nitrogens is 1. The van der Waals surface area contributed by atoms with Crippen molar-refractivity contribution < 1.29 is 4.79 Å². The Labute approximate surface area is 165 Å². The standard InChI is InChI=1S/C18H23N3OS.2ClH/c1-12-4-6-15(7-5-12)18-16(23-14(3)20-18)10-17(22)21-9-8-19-13(2)11-21;;/h4-7,13,19H,8-11H2,1-3H3;2*1H. The van der Waals surface area contributed by atoms with Crippen LogP contribution in [0.5, 0.6) is 0 Å². The summed E-state index contributed by atoms with van der Waals surface area (Å²) in [5, 5.41) is 4.38.